The Morgan fingerprint density at radius 3 is 2.60 bits per heavy atom. The SMILES string of the molecule is CSc1nc(C)c(C)c(N2CC3CC(C2)N3C(=O)c2cnccn2)n1. The van der Waals surface area contributed by atoms with E-state index in [1.54, 1.807) is 24.2 Å². The highest BCUT2D eigenvalue weighted by Crippen LogP contribution is 2.36. The molecule has 2 aromatic heterocycles. The zero-order valence-corrected chi connectivity index (χ0v) is 15.3. The van der Waals surface area contributed by atoms with E-state index in [1.165, 1.54) is 6.20 Å². The number of piperidine rings is 1. The summed E-state index contributed by atoms with van der Waals surface area (Å²) in [5.41, 5.74) is 2.55. The lowest BCUT2D eigenvalue weighted by Gasteiger charge is -2.56. The first-order chi connectivity index (χ1) is 12.1. The normalized spacial score (nSPS) is 21.9. The minimum absolute atomic E-state index is 0.0191. The van der Waals surface area contributed by atoms with Gasteiger partial charge in [-0.1, -0.05) is 11.8 Å². The van der Waals surface area contributed by atoms with Crippen LogP contribution in [0.5, 0.6) is 0 Å². The Labute approximate surface area is 150 Å². The fourth-order valence-electron chi connectivity index (χ4n) is 3.64. The molecule has 3 aliphatic rings. The number of thioether (sulfide) groups is 1. The molecule has 2 aromatic rings. The molecule has 2 atom stereocenters. The number of hydrogen-bond donors (Lipinski definition) is 0. The summed E-state index contributed by atoms with van der Waals surface area (Å²) in [7, 11) is 0. The lowest BCUT2D eigenvalue weighted by molar-refractivity contribution is 0.00515. The maximum Gasteiger partial charge on any atom is 0.274 e. The van der Waals surface area contributed by atoms with E-state index in [1.807, 2.05) is 18.1 Å². The van der Waals surface area contributed by atoms with Crippen LogP contribution in [0.2, 0.25) is 0 Å². The van der Waals surface area contributed by atoms with Gasteiger partial charge < -0.3 is 9.80 Å². The lowest BCUT2D eigenvalue weighted by atomic mass is 9.86. The van der Waals surface area contributed by atoms with Gasteiger partial charge in [0.05, 0.1) is 18.3 Å². The standard InChI is InChI=1S/C17H20N6OS/c1-10-11(2)20-17(25-3)21-15(10)22-8-12-6-13(9-22)23(12)16(24)14-7-18-4-5-19-14/h4-5,7,12-13H,6,8-9H2,1-3H3. The number of piperazine rings is 1. The maximum atomic E-state index is 12.7. The first kappa shape index (κ1) is 16.3. The van der Waals surface area contributed by atoms with Gasteiger partial charge in [0.2, 0.25) is 0 Å². The highest BCUT2D eigenvalue weighted by Gasteiger charge is 2.48. The van der Waals surface area contributed by atoms with Gasteiger partial charge in [0.1, 0.15) is 11.5 Å². The summed E-state index contributed by atoms with van der Waals surface area (Å²) in [6, 6.07) is 0.418. The van der Waals surface area contributed by atoms with Crippen molar-refractivity contribution in [3.8, 4) is 0 Å². The Morgan fingerprint density at radius 2 is 1.96 bits per heavy atom. The smallest absolute Gasteiger partial charge is 0.274 e. The molecular weight excluding hydrogens is 336 g/mol. The first-order valence-electron chi connectivity index (χ1n) is 8.31. The van der Waals surface area contributed by atoms with Gasteiger partial charge in [-0.15, -0.1) is 0 Å². The Balaban J connectivity index is 1.54. The summed E-state index contributed by atoms with van der Waals surface area (Å²) >= 11 is 1.56. The molecule has 3 saturated heterocycles. The molecule has 0 radical (unpaired) electrons. The summed E-state index contributed by atoms with van der Waals surface area (Å²) in [6.45, 7) is 5.69. The van der Waals surface area contributed by atoms with Crippen LogP contribution >= 0.6 is 11.8 Å². The summed E-state index contributed by atoms with van der Waals surface area (Å²) in [6.07, 6.45) is 7.71. The molecule has 0 aromatic carbocycles. The second-order valence-electron chi connectivity index (χ2n) is 6.50. The van der Waals surface area contributed by atoms with E-state index in [2.05, 4.69) is 26.8 Å². The number of aryl methyl sites for hydroxylation is 1. The molecule has 3 aliphatic heterocycles. The predicted octanol–water partition coefficient (Wildman–Crippen LogP) is 1.71. The molecule has 0 aliphatic carbocycles. The van der Waals surface area contributed by atoms with Gasteiger partial charge in [-0.25, -0.2) is 15.0 Å². The minimum atomic E-state index is -0.0191. The Morgan fingerprint density at radius 1 is 1.20 bits per heavy atom. The van der Waals surface area contributed by atoms with Crippen LogP contribution in [0.3, 0.4) is 0 Å². The molecule has 5 heterocycles. The van der Waals surface area contributed by atoms with Crippen LogP contribution in [0.25, 0.3) is 0 Å². The summed E-state index contributed by atoms with van der Waals surface area (Å²) in [4.78, 5) is 34.3. The van der Waals surface area contributed by atoms with Crippen molar-refractivity contribution in [2.45, 2.75) is 37.5 Å². The third-order valence-corrected chi connectivity index (χ3v) is 5.58. The Bertz CT molecular complexity index is 802. The summed E-state index contributed by atoms with van der Waals surface area (Å²) < 4.78 is 0. The van der Waals surface area contributed by atoms with E-state index in [0.29, 0.717) is 5.69 Å². The van der Waals surface area contributed by atoms with Crippen molar-refractivity contribution in [1.29, 1.82) is 0 Å². The minimum Gasteiger partial charge on any atom is -0.352 e. The topological polar surface area (TPSA) is 75.1 Å². The number of rotatable bonds is 3. The third-order valence-electron chi connectivity index (χ3n) is 5.04. The van der Waals surface area contributed by atoms with Gasteiger partial charge in [-0.05, 0) is 26.5 Å². The van der Waals surface area contributed by atoms with Crippen LogP contribution in [0, 0.1) is 13.8 Å². The first-order valence-corrected chi connectivity index (χ1v) is 9.53. The Kier molecular flexibility index (Phi) is 4.07. The second-order valence-corrected chi connectivity index (χ2v) is 7.27. The van der Waals surface area contributed by atoms with E-state index in [0.717, 1.165) is 41.7 Å². The Hall–Kier alpha value is -2.22. The second kappa shape index (κ2) is 6.25. The number of aromatic nitrogens is 4. The van der Waals surface area contributed by atoms with Crippen molar-refractivity contribution >= 4 is 23.5 Å². The van der Waals surface area contributed by atoms with Crippen molar-refractivity contribution in [3.05, 3.63) is 35.5 Å². The van der Waals surface area contributed by atoms with Crippen LogP contribution in [-0.2, 0) is 0 Å². The van der Waals surface area contributed by atoms with Crippen molar-refractivity contribution in [2.24, 2.45) is 0 Å². The van der Waals surface area contributed by atoms with Crippen LogP contribution in [-0.4, -0.2) is 62.2 Å². The molecule has 5 rings (SSSR count). The van der Waals surface area contributed by atoms with Gasteiger partial charge in [-0.3, -0.25) is 9.78 Å². The maximum absolute atomic E-state index is 12.7. The highest BCUT2D eigenvalue weighted by molar-refractivity contribution is 7.98. The average Bonchev–Trinajstić information content (AvgIpc) is 2.64. The van der Waals surface area contributed by atoms with Crippen LogP contribution in [0.1, 0.15) is 28.2 Å². The number of hydrogen-bond acceptors (Lipinski definition) is 7. The molecule has 130 valence electrons. The van der Waals surface area contributed by atoms with E-state index in [-0.39, 0.29) is 18.0 Å². The average molecular weight is 356 g/mol. The molecule has 8 heteroatoms. The van der Waals surface area contributed by atoms with Gasteiger partial charge >= 0.3 is 0 Å². The largest absolute Gasteiger partial charge is 0.352 e. The molecular formula is C17H20N6OS. The van der Waals surface area contributed by atoms with Gasteiger partial charge in [0.15, 0.2) is 5.16 Å². The van der Waals surface area contributed by atoms with Gasteiger partial charge in [0.25, 0.3) is 5.91 Å². The quantitative estimate of drug-likeness (QED) is 0.612. The lowest BCUT2D eigenvalue weighted by Crippen LogP contribution is -2.70. The predicted molar refractivity (Wildman–Crippen MR) is 95.9 cm³/mol. The van der Waals surface area contributed by atoms with Crippen LogP contribution < -0.4 is 4.90 Å². The highest BCUT2D eigenvalue weighted by atomic mass is 32.2. The fraction of sp³-hybridized carbons (Fsp3) is 0.471. The van der Waals surface area contributed by atoms with Crippen molar-refractivity contribution in [2.75, 3.05) is 24.2 Å². The molecule has 1 amide bonds. The summed E-state index contributed by atoms with van der Waals surface area (Å²) in [5, 5.41) is 0.796. The fourth-order valence-corrected chi connectivity index (χ4v) is 4.05. The van der Waals surface area contributed by atoms with E-state index < -0.39 is 0 Å². The molecule has 7 nitrogen and oxygen atoms in total. The molecule has 0 saturated carbocycles. The third kappa shape index (κ3) is 2.74. The number of anilines is 1. The molecule has 2 unspecified atom stereocenters. The molecule has 0 N–H and O–H groups in total. The zero-order chi connectivity index (χ0) is 17.6. The van der Waals surface area contributed by atoms with Gasteiger partial charge in [-0.2, -0.15) is 0 Å². The number of carbonyl (C=O) groups excluding carboxylic acids is 1. The summed E-state index contributed by atoms with van der Waals surface area (Å²) in [5.74, 6) is 0.979. The van der Waals surface area contributed by atoms with E-state index >= 15 is 0 Å². The van der Waals surface area contributed by atoms with E-state index in [4.69, 9.17) is 4.98 Å². The molecule has 0 spiro atoms. The number of carbonyl (C=O) groups is 1. The van der Waals surface area contributed by atoms with E-state index in [9.17, 15) is 4.79 Å². The zero-order valence-electron chi connectivity index (χ0n) is 14.5. The number of amides is 1. The molecule has 2 bridgehead atoms. The van der Waals surface area contributed by atoms with Crippen LogP contribution in [0.4, 0.5) is 5.82 Å². The van der Waals surface area contributed by atoms with Crippen LogP contribution in [0.15, 0.2) is 23.7 Å². The monoisotopic (exact) mass is 356 g/mol. The van der Waals surface area contributed by atoms with Crippen molar-refractivity contribution in [1.82, 2.24) is 24.8 Å². The van der Waals surface area contributed by atoms with Crippen molar-refractivity contribution < 1.29 is 4.79 Å². The van der Waals surface area contributed by atoms with Gasteiger partial charge in [0, 0.05) is 36.7 Å². The molecule has 25 heavy (non-hydrogen) atoms. The number of nitrogens with zero attached hydrogens (tertiary/aromatic N) is 6. The molecule has 3 fully saturated rings. The van der Waals surface area contributed by atoms with Crippen molar-refractivity contribution in [3.63, 3.8) is 0 Å². The number of fused-ring (bicyclic) bond motifs is 2.